The standard InChI is InChI=1S/C21H25ClN4O4S/c1-25-10-12-26(13-11-25)31(29,30)19-8-2-16(3-9-19)14-23-20(27)15-24-21(28)17-4-6-18(22)7-5-17/h2-9H,10-15H2,1H3,(H,23,27)(H,24,28). The summed E-state index contributed by atoms with van der Waals surface area (Å²) in [5.41, 5.74) is 1.17. The minimum absolute atomic E-state index is 0.169. The summed E-state index contributed by atoms with van der Waals surface area (Å²) in [6, 6.07) is 12.8. The van der Waals surface area contributed by atoms with E-state index in [4.69, 9.17) is 11.6 Å². The maximum Gasteiger partial charge on any atom is 0.251 e. The number of carbonyl (C=O) groups excluding carboxylic acids is 2. The third kappa shape index (κ3) is 6.27. The molecular formula is C21H25ClN4O4S. The van der Waals surface area contributed by atoms with Gasteiger partial charge in [-0.2, -0.15) is 4.31 Å². The molecule has 166 valence electrons. The van der Waals surface area contributed by atoms with Crippen molar-refractivity contribution in [3.63, 3.8) is 0 Å². The van der Waals surface area contributed by atoms with E-state index in [-0.39, 0.29) is 29.8 Å². The molecule has 1 saturated heterocycles. The van der Waals surface area contributed by atoms with Crippen LogP contribution >= 0.6 is 11.6 Å². The van der Waals surface area contributed by atoms with Crippen LogP contribution in [0.3, 0.4) is 0 Å². The van der Waals surface area contributed by atoms with Crippen molar-refractivity contribution in [1.29, 1.82) is 0 Å². The van der Waals surface area contributed by atoms with Crippen LogP contribution in [-0.4, -0.2) is 69.2 Å². The van der Waals surface area contributed by atoms with Gasteiger partial charge in [0, 0.05) is 43.3 Å². The molecule has 31 heavy (non-hydrogen) atoms. The first-order valence-electron chi connectivity index (χ1n) is 9.84. The molecular weight excluding hydrogens is 440 g/mol. The number of rotatable bonds is 7. The van der Waals surface area contributed by atoms with Crippen molar-refractivity contribution in [2.75, 3.05) is 39.8 Å². The van der Waals surface area contributed by atoms with Gasteiger partial charge in [0.15, 0.2) is 0 Å². The lowest BCUT2D eigenvalue weighted by molar-refractivity contribution is -0.120. The van der Waals surface area contributed by atoms with Crippen molar-refractivity contribution in [3.8, 4) is 0 Å². The first-order chi connectivity index (χ1) is 14.8. The highest BCUT2D eigenvalue weighted by Crippen LogP contribution is 2.18. The van der Waals surface area contributed by atoms with E-state index in [1.165, 1.54) is 4.31 Å². The van der Waals surface area contributed by atoms with Crippen LogP contribution in [0.1, 0.15) is 15.9 Å². The number of hydrogen-bond donors (Lipinski definition) is 2. The summed E-state index contributed by atoms with van der Waals surface area (Å²) in [5.74, 6) is -0.721. The number of hydrogen-bond acceptors (Lipinski definition) is 5. The second kappa shape index (κ2) is 10.2. The van der Waals surface area contributed by atoms with Crippen LogP contribution < -0.4 is 10.6 Å². The van der Waals surface area contributed by atoms with Gasteiger partial charge in [-0.15, -0.1) is 0 Å². The van der Waals surface area contributed by atoms with E-state index in [0.717, 1.165) is 5.56 Å². The van der Waals surface area contributed by atoms with Crippen molar-refractivity contribution in [1.82, 2.24) is 19.8 Å². The van der Waals surface area contributed by atoms with E-state index in [2.05, 4.69) is 15.5 Å². The zero-order valence-corrected chi connectivity index (χ0v) is 18.7. The molecule has 2 aromatic carbocycles. The highest BCUT2D eigenvalue weighted by atomic mass is 35.5. The van der Waals surface area contributed by atoms with Crippen molar-refractivity contribution < 1.29 is 18.0 Å². The predicted molar refractivity (Wildman–Crippen MR) is 118 cm³/mol. The van der Waals surface area contributed by atoms with Gasteiger partial charge in [0.25, 0.3) is 5.91 Å². The third-order valence-corrected chi connectivity index (χ3v) is 7.19. The second-order valence-corrected chi connectivity index (χ2v) is 9.69. The molecule has 0 atom stereocenters. The van der Waals surface area contributed by atoms with Crippen molar-refractivity contribution in [2.45, 2.75) is 11.4 Å². The second-order valence-electron chi connectivity index (χ2n) is 7.32. The van der Waals surface area contributed by atoms with Crippen LogP contribution in [0.2, 0.25) is 5.02 Å². The lowest BCUT2D eigenvalue weighted by atomic mass is 10.2. The van der Waals surface area contributed by atoms with Gasteiger partial charge < -0.3 is 15.5 Å². The Morgan fingerprint density at radius 3 is 2.16 bits per heavy atom. The summed E-state index contributed by atoms with van der Waals surface area (Å²) in [6.07, 6.45) is 0. The maximum atomic E-state index is 12.7. The number of carbonyl (C=O) groups is 2. The Morgan fingerprint density at radius 2 is 1.55 bits per heavy atom. The molecule has 2 amide bonds. The lowest BCUT2D eigenvalue weighted by Crippen LogP contribution is -2.47. The van der Waals surface area contributed by atoms with Crippen molar-refractivity contribution >= 4 is 33.4 Å². The van der Waals surface area contributed by atoms with E-state index >= 15 is 0 Å². The zero-order chi connectivity index (χ0) is 22.4. The molecule has 0 radical (unpaired) electrons. The summed E-state index contributed by atoms with van der Waals surface area (Å²) in [4.78, 5) is 26.4. The number of nitrogens with zero attached hydrogens (tertiary/aromatic N) is 2. The molecule has 0 unspecified atom stereocenters. The van der Waals surface area contributed by atoms with Crippen LogP contribution in [0.5, 0.6) is 0 Å². The molecule has 8 nitrogen and oxygen atoms in total. The number of benzene rings is 2. The van der Waals surface area contributed by atoms with E-state index in [1.54, 1.807) is 48.5 Å². The first-order valence-corrected chi connectivity index (χ1v) is 11.7. The number of nitrogens with one attached hydrogen (secondary N) is 2. The Hall–Kier alpha value is -2.46. The highest BCUT2D eigenvalue weighted by molar-refractivity contribution is 7.89. The molecule has 10 heteroatoms. The van der Waals surface area contributed by atoms with Crippen LogP contribution in [-0.2, 0) is 21.4 Å². The fourth-order valence-corrected chi connectivity index (χ4v) is 4.63. The molecule has 0 spiro atoms. The fraction of sp³-hybridized carbons (Fsp3) is 0.333. The SMILES string of the molecule is CN1CCN(S(=O)(=O)c2ccc(CNC(=O)CNC(=O)c3ccc(Cl)cc3)cc2)CC1. The van der Waals surface area contributed by atoms with Crippen molar-refractivity contribution in [3.05, 3.63) is 64.7 Å². The Morgan fingerprint density at radius 1 is 0.935 bits per heavy atom. The Kier molecular flexibility index (Phi) is 7.66. The number of halogens is 1. The highest BCUT2D eigenvalue weighted by Gasteiger charge is 2.27. The number of sulfonamides is 1. The van der Waals surface area contributed by atoms with Gasteiger partial charge in [0.1, 0.15) is 0 Å². The quantitative estimate of drug-likeness (QED) is 0.644. The van der Waals surface area contributed by atoms with Gasteiger partial charge in [-0.3, -0.25) is 9.59 Å². The van der Waals surface area contributed by atoms with E-state index in [1.807, 2.05) is 7.05 Å². The van der Waals surface area contributed by atoms with E-state index in [9.17, 15) is 18.0 Å². The van der Waals surface area contributed by atoms with Gasteiger partial charge in [-0.05, 0) is 49.0 Å². The molecule has 1 aliphatic rings. The first kappa shape index (κ1) is 23.2. The monoisotopic (exact) mass is 464 g/mol. The predicted octanol–water partition coefficient (Wildman–Crippen LogP) is 1.32. The maximum absolute atomic E-state index is 12.7. The van der Waals surface area contributed by atoms with E-state index in [0.29, 0.717) is 36.8 Å². The Bertz CT molecular complexity index is 1020. The van der Waals surface area contributed by atoms with Crippen LogP contribution in [0.4, 0.5) is 0 Å². The number of likely N-dealkylation sites (N-methyl/N-ethyl adjacent to an activating group) is 1. The van der Waals surface area contributed by atoms with Gasteiger partial charge in [-0.1, -0.05) is 23.7 Å². The zero-order valence-electron chi connectivity index (χ0n) is 17.2. The summed E-state index contributed by atoms with van der Waals surface area (Å²) in [6.45, 7) is 2.41. The molecule has 0 aliphatic carbocycles. The van der Waals surface area contributed by atoms with Crippen molar-refractivity contribution in [2.24, 2.45) is 0 Å². The summed E-state index contributed by atoms with van der Waals surface area (Å²) < 4.78 is 27.0. The van der Waals surface area contributed by atoms with E-state index < -0.39 is 10.0 Å². The van der Waals surface area contributed by atoms with Gasteiger partial charge >= 0.3 is 0 Å². The molecule has 0 saturated carbocycles. The van der Waals surface area contributed by atoms with Crippen LogP contribution in [0, 0.1) is 0 Å². The molecule has 0 aromatic heterocycles. The molecule has 2 aromatic rings. The minimum atomic E-state index is -3.52. The summed E-state index contributed by atoms with van der Waals surface area (Å²) in [5, 5.41) is 5.77. The van der Waals surface area contributed by atoms with Gasteiger partial charge in [0.05, 0.1) is 11.4 Å². The largest absolute Gasteiger partial charge is 0.350 e. The molecule has 1 heterocycles. The Labute approximate surface area is 187 Å². The average molecular weight is 465 g/mol. The van der Waals surface area contributed by atoms with Gasteiger partial charge in [0.2, 0.25) is 15.9 Å². The molecule has 0 bridgehead atoms. The molecule has 2 N–H and O–H groups in total. The van der Waals surface area contributed by atoms with Gasteiger partial charge in [-0.25, -0.2) is 8.42 Å². The fourth-order valence-electron chi connectivity index (χ4n) is 3.08. The number of piperazine rings is 1. The lowest BCUT2D eigenvalue weighted by Gasteiger charge is -2.31. The number of amides is 2. The smallest absolute Gasteiger partial charge is 0.251 e. The van der Waals surface area contributed by atoms with Crippen LogP contribution in [0.25, 0.3) is 0 Å². The topological polar surface area (TPSA) is 98.8 Å². The Balaban J connectivity index is 1.48. The third-order valence-electron chi connectivity index (χ3n) is 5.03. The molecule has 1 aliphatic heterocycles. The summed E-state index contributed by atoms with van der Waals surface area (Å²) in [7, 11) is -1.55. The molecule has 3 rings (SSSR count). The summed E-state index contributed by atoms with van der Waals surface area (Å²) >= 11 is 5.79. The average Bonchev–Trinajstić information content (AvgIpc) is 2.77. The molecule has 1 fully saturated rings. The normalized spacial score (nSPS) is 15.4. The minimum Gasteiger partial charge on any atom is -0.350 e. The van der Waals surface area contributed by atoms with Crippen LogP contribution in [0.15, 0.2) is 53.4 Å².